The minimum absolute atomic E-state index is 0. The summed E-state index contributed by atoms with van der Waals surface area (Å²) in [5.41, 5.74) is 6.23. The van der Waals surface area contributed by atoms with Crippen LogP contribution < -0.4 is 47.4 Å². The Kier molecular flexibility index (Phi) is 29.9. The predicted molar refractivity (Wildman–Crippen MR) is 188 cm³/mol. The molecule has 0 spiro atoms. The van der Waals surface area contributed by atoms with Crippen LogP contribution in [0, 0.1) is 50.1 Å². The second kappa shape index (κ2) is 31.3. The van der Waals surface area contributed by atoms with Gasteiger partial charge in [-0.2, -0.15) is 10.5 Å². The first-order valence-electron chi connectivity index (χ1n) is 17.1. The van der Waals surface area contributed by atoms with E-state index in [1.807, 2.05) is 61.7 Å². The first kappa shape index (κ1) is 55.4. The number of aryl methyl sites for hydroxylation is 1. The summed E-state index contributed by atoms with van der Waals surface area (Å²) in [5, 5.41) is 28.1. The maximum atomic E-state index is 13.4. The Balaban J connectivity index is 0.00000164. The summed E-state index contributed by atoms with van der Waals surface area (Å²) in [5.74, 6) is -0.0516. The van der Waals surface area contributed by atoms with Crippen molar-refractivity contribution in [1.29, 1.82) is 10.5 Å². The van der Waals surface area contributed by atoms with Gasteiger partial charge in [0, 0.05) is 76.5 Å². The third-order valence-corrected chi connectivity index (χ3v) is 7.39. The quantitative estimate of drug-likeness (QED) is 0.162. The summed E-state index contributed by atoms with van der Waals surface area (Å²) < 4.78 is 85.9. The van der Waals surface area contributed by atoms with E-state index in [0.717, 1.165) is 60.8 Å². The van der Waals surface area contributed by atoms with Crippen LogP contribution in [-0.4, -0.2) is 137 Å². The molecule has 1 N–H and O–H groups in total. The van der Waals surface area contributed by atoms with E-state index in [4.69, 9.17) is 67.0 Å². The van der Waals surface area contributed by atoms with E-state index < -0.39 is 20.5 Å². The standard InChI is InChI=1S/C33H40N4O4.2C2H3N.Ba.2ClHO4/c1-26-20-29-22-34-31-8-4-2-6-27(31)24-36-10-14-39-15-11-37(13-17-41-19-18-40-16-12-36)25-28-7-3-5-9-32(28)35-23-30(21-26)33(29)38;2*1-2-3;;2*2-1(3,4)5/h2-9,20-23,38H,10-19,24-25H2,1H3;2*1H3;;2*(H,2,3,4,5)/q;;;+2;;/p-2. The summed E-state index contributed by atoms with van der Waals surface area (Å²) in [4.78, 5) is 12.9. The molecular weight excluding hydrogens is 929 g/mol. The van der Waals surface area contributed by atoms with Gasteiger partial charge in [-0.05, 0) is 35.7 Å². The molecule has 2 aliphatic rings. The van der Waals surface area contributed by atoms with E-state index in [0.29, 0.717) is 57.3 Å². The Hall–Kier alpha value is -2.59. The Morgan fingerprint density at radius 2 is 1.05 bits per heavy atom. The predicted octanol–water partition coefficient (Wildman–Crippen LogP) is -6.50. The molecule has 4 bridgehead atoms. The first-order chi connectivity index (χ1) is 27.0. The molecule has 2 heterocycles. The minimum atomic E-state index is -4.94. The number of ether oxygens (including phenoxy) is 3. The molecule has 1 fully saturated rings. The van der Waals surface area contributed by atoms with Gasteiger partial charge in [0.15, 0.2) is 6.21 Å². The molecule has 21 heteroatoms. The number of hydrogen-bond donors (Lipinski definition) is 1. The number of nitriles is 2. The molecule has 5 rings (SSSR count). The van der Waals surface area contributed by atoms with E-state index in [2.05, 4.69) is 26.9 Å². The first-order valence-corrected chi connectivity index (χ1v) is 19.6. The molecule has 2 unspecified atom stereocenters. The van der Waals surface area contributed by atoms with Crippen molar-refractivity contribution < 1.29 is 82.1 Å². The van der Waals surface area contributed by atoms with Gasteiger partial charge in [-0.25, -0.2) is 42.3 Å². The zero-order valence-corrected chi connectivity index (χ0v) is 38.5. The molecule has 0 aliphatic carbocycles. The van der Waals surface area contributed by atoms with Crippen molar-refractivity contribution in [2.45, 2.75) is 33.9 Å². The zero-order valence-electron chi connectivity index (χ0n) is 32.5. The van der Waals surface area contributed by atoms with Crippen LogP contribution in [0.1, 0.15) is 41.7 Å². The van der Waals surface area contributed by atoms with E-state index >= 15 is 0 Å². The molecule has 312 valence electrons. The minimum Gasteiger partial charge on any atom is -0.871 e. The topological polar surface area (TPSA) is 316 Å². The number of rotatable bonds is 0. The summed E-state index contributed by atoms with van der Waals surface area (Å²) >= 11 is 0. The van der Waals surface area contributed by atoms with E-state index in [1.54, 1.807) is 18.4 Å². The van der Waals surface area contributed by atoms with Gasteiger partial charge >= 0.3 is 48.9 Å². The Labute approximate surface area is 383 Å². The molecular formula is C37H46BaCl2N6O12. The fraction of sp³-hybridized carbons (Fsp3) is 0.405. The van der Waals surface area contributed by atoms with Gasteiger partial charge < -0.3 is 19.3 Å². The van der Waals surface area contributed by atoms with Gasteiger partial charge in [0.2, 0.25) is 5.69 Å². The van der Waals surface area contributed by atoms with Crippen molar-refractivity contribution >= 4 is 72.7 Å². The number of hydrogen-bond acceptors (Lipinski definition) is 17. The summed E-state index contributed by atoms with van der Waals surface area (Å²) in [7, 11) is -9.89. The van der Waals surface area contributed by atoms with Crippen molar-refractivity contribution in [3.8, 4) is 17.9 Å². The van der Waals surface area contributed by atoms with Gasteiger partial charge in [0.25, 0.3) is 0 Å². The second-order valence-corrected chi connectivity index (χ2v) is 13.2. The second-order valence-electron chi connectivity index (χ2n) is 11.7. The summed E-state index contributed by atoms with van der Waals surface area (Å²) in [6.07, 6.45) is 3.50. The largest absolute Gasteiger partial charge is 2.00 e. The van der Waals surface area contributed by atoms with Gasteiger partial charge in [0.1, 0.15) is 0 Å². The van der Waals surface area contributed by atoms with Crippen molar-refractivity contribution in [3.05, 3.63) is 88.5 Å². The number of fused-ring (bicyclic) bond motifs is 10. The van der Waals surface area contributed by atoms with Crippen molar-refractivity contribution in [2.75, 3.05) is 65.8 Å². The number of para-hydroxylation sites is 2. The van der Waals surface area contributed by atoms with Crippen LogP contribution in [-0.2, 0) is 27.3 Å². The molecule has 2 aliphatic heterocycles. The normalized spacial score (nSPS) is 17.3. The molecule has 18 nitrogen and oxygen atoms in total. The number of halogens is 2. The van der Waals surface area contributed by atoms with Crippen molar-refractivity contribution in [2.24, 2.45) is 4.99 Å². The molecule has 0 aromatic heterocycles. The van der Waals surface area contributed by atoms with Crippen LogP contribution in [0.5, 0.6) is 5.75 Å². The molecule has 0 amide bonds. The third-order valence-electron chi connectivity index (χ3n) is 7.39. The van der Waals surface area contributed by atoms with Crippen LogP contribution in [0.4, 0.5) is 11.4 Å². The number of nitrogens with one attached hydrogen (secondary N) is 1. The fourth-order valence-electron chi connectivity index (χ4n) is 5.12. The number of aliphatic imine (C=N–C) groups is 1. The molecule has 0 radical (unpaired) electrons. The number of nitrogens with zero attached hydrogens (tertiary/aromatic N) is 5. The van der Waals surface area contributed by atoms with E-state index in [9.17, 15) is 5.11 Å². The maximum absolute atomic E-state index is 13.4. The summed E-state index contributed by atoms with van der Waals surface area (Å²) in [6.45, 7) is 13.1. The van der Waals surface area contributed by atoms with Gasteiger partial charge in [-0.3, -0.25) is 14.8 Å². The third kappa shape index (κ3) is 28.0. The van der Waals surface area contributed by atoms with Gasteiger partial charge in [-0.1, -0.05) is 48.2 Å². The van der Waals surface area contributed by atoms with Crippen LogP contribution in [0.15, 0.2) is 65.7 Å². The number of benzene rings is 3. The Morgan fingerprint density at radius 3 is 1.55 bits per heavy atom. The van der Waals surface area contributed by atoms with Crippen LogP contribution in [0.25, 0.3) is 0 Å². The Morgan fingerprint density at radius 1 is 0.655 bits per heavy atom. The smallest absolute Gasteiger partial charge is 0.871 e. The molecule has 3 aromatic rings. The molecule has 1 saturated heterocycles. The average molecular weight is 975 g/mol. The molecule has 3 aromatic carbocycles. The molecule has 58 heavy (non-hydrogen) atoms. The van der Waals surface area contributed by atoms with E-state index in [1.165, 1.54) is 13.8 Å². The Bertz CT molecular complexity index is 1620. The summed E-state index contributed by atoms with van der Waals surface area (Å²) in [6, 6.07) is 23.6. The molecule has 2 atom stereocenters. The van der Waals surface area contributed by atoms with Crippen LogP contribution >= 0.6 is 0 Å². The fourth-order valence-corrected chi connectivity index (χ4v) is 5.12. The monoisotopic (exact) mass is 974 g/mol. The molecule has 0 saturated carbocycles. The van der Waals surface area contributed by atoms with E-state index in [-0.39, 0.29) is 54.6 Å². The van der Waals surface area contributed by atoms with Crippen molar-refractivity contribution in [1.82, 2.24) is 9.80 Å². The maximum Gasteiger partial charge on any atom is 2.00 e. The average Bonchev–Trinajstić information content (AvgIpc) is 3.12. The zero-order chi connectivity index (χ0) is 42.7. The SMILES string of the molecule is CC#N.CC#N.Cc1cc2c([O-])c(c1)C=[NH+]c1ccccc1CN1CCOCCOCCN(CCOCC1)Cc1ccccc1N=C2.[Ba+2].[O-][Cl+3]([O-])([O-])[O-].[O-][Cl+3]([O-])([O-])[O-]. The van der Waals surface area contributed by atoms with Gasteiger partial charge in [-0.15, -0.1) is 20.5 Å². The van der Waals surface area contributed by atoms with Crippen LogP contribution in [0.2, 0.25) is 0 Å². The van der Waals surface area contributed by atoms with Gasteiger partial charge in [0.05, 0.1) is 57.5 Å². The van der Waals surface area contributed by atoms with Crippen LogP contribution in [0.3, 0.4) is 0 Å². The van der Waals surface area contributed by atoms with Crippen molar-refractivity contribution in [3.63, 3.8) is 0 Å².